The Morgan fingerprint density at radius 3 is 2.53 bits per heavy atom. The van der Waals surface area contributed by atoms with Crippen molar-refractivity contribution in [2.45, 2.75) is 34.1 Å². The zero-order valence-corrected chi connectivity index (χ0v) is 11.9. The lowest BCUT2D eigenvalue weighted by Gasteiger charge is -2.12. The Balaban J connectivity index is 3.05. The highest BCUT2D eigenvalue weighted by molar-refractivity contribution is 5.60. The molecule has 1 rings (SSSR count). The summed E-state index contributed by atoms with van der Waals surface area (Å²) in [5.41, 5.74) is 0.313. The average Bonchev–Trinajstić information content (AvgIpc) is 2.35. The van der Waals surface area contributed by atoms with Crippen molar-refractivity contribution in [1.29, 1.82) is 0 Å². The molecule has 2 N–H and O–H groups in total. The monoisotopic (exact) mass is 267 g/mol. The van der Waals surface area contributed by atoms with E-state index >= 15 is 0 Å². The van der Waals surface area contributed by atoms with Gasteiger partial charge in [0.15, 0.2) is 0 Å². The van der Waals surface area contributed by atoms with Crippen LogP contribution in [0.5, 0.6) is 0 Å². The number of aromatic nitrogens is 2. The van der Waals surface area contributed by atoms with Crippen LogP contribution in [0.15, 0.2) is 0 Å². The SMILES string of the molecule is CCNc1nc(C)c([N+](=O)[O-])c(NCC(C)CC)n1. The van der Waals surface area contributed by atoms with E-state index in [2.05, 4.69) is 34.4 Å². The minimum atomic E-state index is -0.440. The summed E-state index contributed by atoms with van der Waals surface area (Å²) in [4.78, 5) is 18.9. The number of rotatable bonds is 7. The molecule has 0 aromatic carbocycles. The second-order valence-corrected chi connectivity index (χ2v) is 4.51. The van der Waals surface area contributed by atoms with E-state index in [1.807, 2.05) is 6.92 Å². The van der Waals surface area contributed by atoms with Gasteiger partial charge in [-0.2, -0.15) is 4.98 Å². The average molecular weight is 267 g/mol. The summed E-state index contributed by atoms with van der Waals surface area (Å²) in [7, 11) is 0. The van der Waals surface area contributed by atoms with Crippen LogP contribution >= 0.6 is 0 Å². The number of nitrogens with one attached hydrogen (secondary N) is 2. The van der Waals surface area contributed by atoms with E-state index in [-0.39, 0.29) is 11.5 Å². The zero-order valence-electron chi connectivity index (χ0n) is 11.9. The fourth-order valence-corrected chi connectivity index (χ4v) is 1.56. The van der Waals surface area contributed by atoms with Crippen LogP contribution in [0, 0.1) is 23.0 Å². The highest BCUT2D eigenvalue weighted by atomic mass is 16.6. The third-order valence-electron chi connectivity index (χ3n) is 2.89. The number of anilines is 2. The first-order chi connectivity index (χ1) is 8.99. The zero-order chi connectivity index (χ0) is 14.4. The van der Waals surface area contributed by atoms with Crippen LogP contribution in [0.4, 0.5) is 17.5 Å². The fraction of sp³-hybridized carbons (Fsp3) is 0.667. The molecule has 0 fully saturated rings. The molecule has 0 aliphatic rings. The first-order valence-electron chi connectivity index (χ1n) is 6.50. The van der Waals surface area contributed by atoms with Crippen molar-refractivity contribution < 1.29 is 4.92 Å². The molecule has 0 aliphatic carbocycles. The normalized spacial score (nSPS) is 12.0. The molecule has 1 unspecified atom stereocenters. The molecule has 0 spiro atoms. The van der Waals surface area contributed by atoms with Gasteiger partial charge >= 0.3 is 5.69 Å². The molecular formula is C12H21N5O2. The molecule has 1 aromatic heterocycles. The Bertz CT molecular complexity index is 450. The Hall–Kier alpha value is -1.92. The standard InChI is InChI=1S/C12H21N5O2/c1-5-8(3)7-14-11-10(17(18)19)9(4)15-12(16-11)13-6-2/h8H,5-7H2,1-4H3,(H2,13,14,15,16). The van der Waals surface area contributed by atoms with Crippen LogP contribution in [0.25, 0.3) is 0 Å². The molecule has 7 nitrogen and oxygen atoms in total. The molecule has 7 heteroatoms. The van der Waals surface area contributed by atoms with Crippen molar-refractivity contribution in [2.75, 3.05) is 23.7 Å². The van der Waals surface area contributed by atoms with Crippen LogP contribution < -0.4 is 10.6 Å². The summed E-state index contributed by atoms with van der Waals surface area (Å²) in [5, 5.41) is 17.1. The summed E-state index contributed by atoms with van der Waals surface area (Å²) in [6.45, 7) is 9.02. The number of hydrogen-bond acceptors (Lipinski definition) is 6. The van der Waals surface area contributed by atoms with Crippen molar-refractivity contribution in [3.8, 4) is 0 Å². The molecule has 106 valence electrons. The number of aryl methyl sites for hydroxylation is 1. The summed E-state index contributed by atoms with van der Waals surface area (Å²) < 4.78 is 0. The van der Waals surface area contributed by atoms with E-state index in [9.17, 15) is 10.1 Å². The van der Waals surface area contributed by atoms with Crippen LogP contribution in [0.1, 0.15) is 32.9 Å². The maximum atomic E-state index is 11.1. The van der Waals surface area contributed by atoms with Gasteiger partial charge < -0.3 is 10.6 Å². The predicted octanol–water partition coefficient (Wildman–Crippen LogP) is 2.58. The molecule has 0 aliphatic heterocycles. The summed E-state index contributed by atoms with van der Waals surface area (Å²) in [6.07, 6.45) is 1.00. The van der Waals surface area contributed by atoms with Gasteiger partial charge in [0, 0.05) is 13.1 Å². The molecule has 19 heavy (non-hydrogen) atoms. The molecule has 0 radical (unpaired) electrons. The van der Waals surface area contributed by atoms with Gasteiger partial charge in [0.25, 0.3) is 0 Å². The van der Waals surface area contributed by atoms with Crippen LogP contribution in [-0.4, -0.2) is 28.0 Å². The highest BCUT2D eigenvalue weighted by Crippen LogP contribution is 2.26. The predicted molar refractivity (Wildman–Crippen MR) is 75.5 cm³/mol. The molecule has 0 saturated heterocycles. The maximum absolute atomic E-state index is 11.1. The Morgan fingerprint density at radius 2 is 2.00 bits per heavy atom. The lowest BCUT2D eigenvalue weighted by Crippen LogP contribution is -2.15. The summed E-state index contributed by atoms with van der Waals surface area (Å²) in [6, 6.07) is 0. The van der Waals surface area contributed by atoms with Gasteiger partial charge in [-0.05, 0) is 19.8 Å². The van der Waals surface area contributed by atoms with Crippen LogP contribution in [0.3, 0.4) is 0 Å². The number of nitrogens with zero attached hydrogens (tertiary/aromatic N) is 3. The number of nitro groups is 1. The third kappa shape index (κ3) is 4.04. The Morgan fingerprint density at radius 1 is 1.32 bits per heavy atom. The molecular weight excluding hydrogens is 246 g/mol. The van der Waals surface area contributed by atoms with E-state index in [4.69, 9.17) is 0 Å². The van der Waals surface area contributed by atoms with E-state index < -0.39 is 4.92 Å². The third-order valence-corrected chi connectivity index (χ3v) is 2.89. The van der Waals surface area contributed by atoms with Gasteiger partial charge in [-0.1, -0.05) is 20.3 Å². The second-order valence-electron chi connectivity index (χ2n) is 4.51. The molecule has 1 heterocycles. The smallest absolute Gasteiger partial charge is 0.332 e. The van der Waals surface area contributed by atoms with Crippen molar-refractivity contribution in [2.24, 2.45) is 5.92 Å². The van der Waals surface area contributed by atoms with Gasteiger partial charge in [-0.15, -0.1) is 0 Å². The fourth-order valence-electron chi connectivity index (χ4n) is 1.56. The van der Waals surface area contributed by atoms with Crippen LogP contribution in [0.2, 0.25) is 0 Å². The van der Waals surface area contributed by atoms with E-state index in [0.29, 0.717) is 30.6 Å². The minimum Gasteiger partial charge on any atom is -0.364 e. The Kier molecular flexibility index (Phi) is 5.47. The van der Waals surface area contributed by atoms with Crippen molar-refractivity contribution in [1.82, 2.24) is 9.97 Å². The topological polar surface area (TPSA) is 93.0 Å². The lowest BCUT2D eigenvalue weighted by atomic mass is 10.1. The molecule has 0 amide bonds. The van der Waals surface area contributed by atoms with E-state index in [0.717, 1.165) is 6.42 Å². The van der Waals surface area contributed by atoms with Gasteiger partial charge in [0.2, 0.25) is 11.8 Å². The van der Waals surface area contributed by atoms with Gasteiger partial charge in [0.05, 0.1) is 4.92 Å². The van der Waals surface area contributed by atoms with Crippen LogP contribution in [-0.2, 0) is 0 Å². The van der Waals surface area contributed by atoms with Crippen molar-refractivity contribution in [3.05, 3.63) is 15.8 Å². The van der Waals surface area contributed by atoms with Gasteiger partial charge in [-0.25, -0.2) is 4.98 Å². The second kappa shape index (κ2) is 6.86. The molecule has 0 bridgehead atoms. The van der Waals surface area contributed by atoms with Gasteiger partial charge in [-0.3, -0.25) is 10.1 Å². The largest absolute Gasteiger partial charge is 0.364 e. The van der Waals surface area contributed by atoms with Gasteiger partial charge in [0.1, 0.15) is 5.69 Å². The Labute approximate surface area is 113 Å². The first kappa shape index (κ1) is 15.1. The molecule has 1 atom stereocenters. The minimum absolute atomic E-state index is 0.0510. The quantitative estimate of drug-likeness (QED) is 0.582. The maximum Gasteiger partial charge on any atom is 0.332 e. The van der Waals surface area contributed by atoms with E-state index in [1.165, 1.54) is 0 Å². The highest BCUT2D eigenvalue weighted by Gasteiger charge is 2.22. The number of hydrogen-bond donors (Lipinski definition) is 2. The lowest BCUT2D eigenvalue weighted by molar-refractivity contribution is -0.385. The van der Waals surface area contributed by atoms with E-state index in [1.54, 1.807) is 6.92 Å². The van der Waals surface area contributed by atoms with Crippen molar-refractivity contribution in [3.63, 3.8) is 0 Å². The summed E-state index contributed by atoms with van der Waals surface area (Å²) in [5.74, 6) is 1.13. The molecule has 1 aromatic rings. The summed E-state index contributed by atoms with van der Waals surface area (Å²) >= 11 is 0. The van der Waals surface area contributed by atoms with Crippen molar-refractivity contribution >= 4 is 17.5 Å². The molecule has 0 saturated carbocycles. The first-order valence-corrected chi connectivity index (χ1v) is 6.50.